The van der Waals surface area contributed by atoms with Crippen LogP contribution in [0.4, 0.5) is 4.79 Å². The van der Waals surface area contributed by atoms with Crippen molar-refractivity contribution in [2.45, 2.75) is 0 Å². The summed E-state index contributed by atoms with van der Waals surface area (Å²) in [5.74, 6) is -0.293. The highest BCUT2D eigenvalue weighted by Gasteiger charge is 2.12. The van der Waals surface area contributed by atoms with Crippen molar-refractivity contribution in [3.8, 4) is 0 Å². The molecule has 0 saturated carbocycles. The van der Waals surface area contributed by atoms with Crippen molar-refractivity contribution in [1.82, 2.24) is 20.8 Å². The van der Waals surface area contributed by atoms with E-state index in [1.807, 2.05) is 24.3 Å². The Kier molecular flexibility index (Phi) is 3.42. The molecule has 2 rings (SSSR count). The third kappa shape index (κ3) is 2.57. The molecule has 0 fully saturated rings. The molecule has 0 spiro atoms. The van der Waals surface area contributed by atoms with Crippen LogP contribution in [0.3, 0.4) is 0 Å². The fourth-order valence-electron chi connectivity index (χ4n) is 1.58. The molecule has 5 N–H and O–H groups in total. The van der Waals surface area contributed by atoms with E-state index >= 15 is 0 Å². The van der Waals surface area contributed by atoms with E-state index < -0.39 is 6.03 Å². The SMILES string of the molecule is NC(=O)NCCNC(=O)c1n[nH]c2ccccc12. The summed E-state index contributed by atoms with van der Waals surface area (Å²) >= 11 is 0. The van der Waals surface area contributed by atoms with Gasteiger partial charge in [0.2, 0.25) is 0 Å². The largest absolute Gasteiger partial charge is 0.352 e. The smallest absolute Gasteiger partial charge is 0.312 e. The molecule has 0 aliphatic rings. The van der Waals surface area contributed by atoms with E-state index in [1.54, 1.807) is 0 Å². The number of aromatic nitrogens is 2. The number of urea groups is 1. The van der Waals surface area contributed by atoms with Crippen molar-refractivity contribution in [1.29, 1.82) is 0 Å². The number of hydrogen-bond donors (Lipinski definition) is 4. The number of nitrogens with two attached hydrogens (primary N) is 1. The molecule has 3 amide bonds. The van der Waals surface area contributed by atoms with E-state index in [9.17, 15) is 9.59 Å². The van der Waals surface area contributed by atoms with E-state index in [0.29, 0.717) is 12.2 Å². The van der Waals surface area contributed by atoms with Crippen molar-refractivity contribution >= 4 is 22.8 Å². The lowest BCUT2D eigenvalue weighted by Crippen LogP contribution is -2.37. The summed E-state index contributed by atoms with van der Waals surface area (Å²) < 4.78 is 0. The highest BCUT2D eigenvalue weighted by atomic mass is 16.2. The summed E-state index contributed by atoms with van der Waals surface area (Å²) in [4.78, 5) is 22.3. The zero-order chi connectivity index (χ0) is 13.0. The molecule has 0 atom stereocenters. The Morgan fingerprint density at radius 3 is 2.72 bits per heavy atom. The number of amides is 3. The van der Waals surface area contributed by atoms with Gasteiger partial charge in [-0.25, -0.2) is 4.79 Å². The number of rotatable bonds is 4. The second-order valence-corrected chi connectivity index (χ2v) is 3.66. The van der Waals surface area contributed by atoms with Crippen molar-refractivity contribution in [2.24, 2.45) is 5.73 Å². The van der Waals surface area contributed by atoms with Gasteiger partial charge in [-0.2, -0.15) is 5.10 Å². The highest BCUT2D eigenvalue weighted by Crippen LogP contribution is 2.14. The zero-order valence-corrected chi connectivity index (χ0v) is 9.56. The van der Waals surface area contributed by atoms with E-state index in [1.165, 1.54) is 0 Å². The van der Waals surface area contributed by atoms with E-state index in [4.69, 9.17) is 5.73 Å². The van der Waals surface area contributed by atoms with Gasteiger partial charge in [0.15, 0.2) is 5.69 Å². The number of para-hydroxylation sites is 1. The first-order valence-electron chi connectivity index (χ1n) is 5.43. The maximum absolute atomic E-state index is 11.8. The number of hydrogen-bond acceptors (Lipinski definition) is 3. The maximum Gasteiger partial charge on any atom is 0.312 e. The number of H-pyrrole nitrogens is 1. The monoisotopic (exact) mass is 247 g/mol. The Morgan fingerprint density at radius 1 is 1.22 bits per heavy atom. The van der Waals surface area contributed by atoms with Crippen LogP contribution in [0.15, 0.2) is 24.3 Å². The van der Waals surface area contributed by atoms with E-state index in [0.717, 1.165) is 10.9 Å². The Balaban J connectivity index is 1.99. The molecule has 1 aromatic heterocycles. The summed E-state index contributed by atoms with van der Waals surface area (Å²) in [5, 5.41) is 12.5. The van der Waals surface area contributed by atoms with Gasteiger partial charge in [0.05, 0.1) is 5.52 Å². The predicted octanol–water partition coefficient (Wildman–Crippen LogP) is -0.0390. The minimum atomic E-state index is -0.616. The molecule has 1 aromatic carbocycles. The molecule has 0 aliphatic heterocycles. The van der Waals surface area contributed by atoms with Gasteiger partial charge in [-0.1, -0.05) is 18.2 Å². The molecular formula is C11H13N5O2. The van der Waals surface area contributed by atoms with Gasteiger partial charge < -0.3 is 16.4 Å². The molecule has 0 saturated heterocycles. The van der Waals surface area contributed by atoms with Gasteiger partial charge in [0.1, 0.15) is 0 Å². The van der Waals surface area contributed by atoms with Gasteiger partial charge in [0.25, 0.3) is 5.91 Å². The Hall–Kier alpha value is -2.57. The highest BCUT2D eigenvalue weighted by molar-refractivity contribution is 6.04. The number of nitrogens with zero attached hydrogens (tertiary/aromatic N) is 1. The number of nitrogens with one attached hydrogen (secondary N) is 3. The summed E-state index contributed by atoms with van der Waals surface area (Å²) in [5.41, 5.74) is 6.04. The standard InChI is InChI=1S/C11H13N5O2/c12-11(18)14-6-5-13-10(17)9-7-3-1-2-4-8(7)15-16-9/h1-4H,5-6H2,(H,13,17)(H,15,16)(H3,12,14,18). The second-order valence-electron chi connectivity index (χ2n) is 3.66. The molecule has 0 radical (unpaired) electrons. The Labute approximate surface area is 103 Å². The lowest BCUT2D eigenvalue weighted by molar-refractivity contribution is 0.0950. The lowest BCUT2D eigenvalue weighted by atomic mass is 10.2. The molecule has 0 unspecified atom stereocenters. The first kappa shape index (κ1) is 11.9. The maximum atomic E-state index is 11.8. The second kappa shape index (κ2) is 5.17. The van der Waals surface area contributed by atoms with Crippen LogP contribution >= 0.6 is 0 Å². The molecule has 1 heterocycles. The Bertz CT molecular complexity index is 578. The lowest BCUT2D eigenvalue weighted by Gasteiger charge is -2.03. The third-order valence-corrected chi connectivity index (χ3v) is 2.40. The van der Waals surface area contributed by atoms with Crippen molar-refractivity contribution in [2.75, 3.05) is 13.1 Å². The fourth-order valence-corrected chi connectivity index (χ4v) is 1.58. The van der Waals surface area contributed by atoms with Crippen LogP contribution in [0, 0.1) is 0 Å². The average Bonchev–Trinajstić information content (AvgIpc) is 2.78. The molecule has 0 bridgehead atoms. The molecular weight excluding hydrogens is 234 g/mol. The van der Waals surface area contributed by atoms with E-state index in [2.05, 4.69) is 20.8 Å². The number of carbonyl (C=O) groups is 2. The van der Waals surface area contributed by atoms with Crippen LogP contribution in [0.25, 0.3) is 10.9 Å². The van der Waals surface area contributed by atoms with Gasteiger partial charge in [-0.3, -0.25) is 9.89 Å². The summed E-state index contributed by atoms with van der Waals surface area (Å²) in [6.07, 6.45) is 0. The number of primary amides is 1. The predicted molar refractivity (Wildman–Crippen MR) is 66.0 cm³/mol. The van der Waals surface area contributed by atoms with Crippen molar-refractivity contribution in [3.63, 3.8) is 0 Å². The van der Waals surface area contributed by atoms with E-state index in [-0.39, 0.29) is 12.5 Å². The molecule has 2 aromatic rings. The van der Waals surface area contributed by atoms with Crippen LogP contribution < -0.4 is 16.4 Å². The zero-order valence-electron chi connectivity index (χ0n) is 9.56. The minimum Gasteiger partial charge on any atom is -0.352 e. The number of benzene rings is 1. The van der Waals surface area contributed by atoms with Crippen LogP contribution in [0.1, 0.15) is 10.5 Å². The summed E-state index contributed by atoms with van der Waals surface area (Å²) in [6, 6.07) is 6.74. The van der Waals surface area contributed by atoms with Gasteiger partial charge in [-0.05, 0) is 6.07 Å². The summed E-state index contributed by atoms with van der Waals surface area (Å²) in [6.45, 7) is 0.576. The quantitative estimate of drug-likeness (QED) is 0.568. The van der Waals surface area contributed by atoms with Crippen molar-refractivity contribution in [3.05, 3.63) is 30.0 Å². The van der Waals surface area contributed by atoms with Gasteiger partial charge in [-0.15, -0.1) is 0 Å². The Morgan fingerprint density at radius 2 is 1.94 bits per heavy atom. The van der Waals surface area contributed by atoms with Gasteiger partial charge in [0, 0.05) is 18.5 Å². The summed E-state index contributed by atoms with van der Waals surface area (Å²) in [7, 11) is 0. The fraction of sp³-hybridized carbons (Fsp3) is 0.182. The van der Waals surface area contributed by atoms with Crippen LogP contribution in [-0.2, 0) is 0 Å². The first-order chi connectivity index (χ1) is 8.68. The number of aromatic amines is 1. The molecule has 0 aliphatic carbocycles. The van der Waals surface area contributed by atoms with Crippen LogP contribution in [0.5, 0.6) is 0 Å². The first-order valence-corrected chi connectivity index (χ1v) is 5.43. The van der Waals surface area contributed by atoms with Crippen LogP contribution in [-0.4, -0.2) is 35.2 Å². The molecule has 18 heavy (non-hydrogen) atoms. The van der Waals surface area contributed by atoms with Gasteiger partial charge >= 0.3 is 6.03 Å². The number of carbonyl (C=O) groups excluding carboxylic acids is 2. The molecule has 7 nitrogen and oxygen atoms in total. The minimum absolute atomic E-state index is 0.281. The van der Waals surface area contributed by atoms with Crippen LogP contribution in [0.2, 0.25) is 0 Å². The average molecular weight is 247 g/mol. The molecule has 7 heteroatoms. The third-order valence-electron chi connectivity index (χ3n) is 2.40. The topological polar surface area (TPSA) is 113 Å². The normalized spacial score (nSPS) is 10.2. The molecule has 94 valence electrons. The van der Waals surface area contributed by atoms with Crippen molar-refractivity contribution < 1.29 is 9.59 Å². The number of fused-ring (bicyclic) bond motifs is 1.